The first kappa shape index (κ1) is 14.7. The van der Waals surface area contributed by atoms with Gasteiger partial charge in [-0.15, -0.1) is 0 Å². The molecule has 2 aromatic heterocycles. The van der Waals surface area contributed by atoms with Crippen LogP contribution < -0.4 is 10.6 Å². The number of hydrogen-bond acceptors (Lipinski definition) is 4. The highest BCUT2D eigenvalue weighted by Gasteiger charge is 2.15. The molecule has 2 N–H and O–H groups in total. The number of nitrogens with zero attached hydrogens (tertiary/aromatic N) is 3. The number of hydrogen-bond donors (Lipinski definition) is 2. The number of anilines is 2. The van der Waals surface area contributed by atoms with Crippen LogP contribution in [0.5, 0.6) is 0 Å². The van der Waals surface area contributed by atoms with Gasteiger partial charge in [-0.2, -0.15) is 5.10 Å². The topological polar surface area (TPSA) is 54.2 Å². The van der Waals surface area contributed by atoms with Gasteiger partial charge in [0.1, 0.15) is 11.6 Å². The predicted octanol–water partition coefficient (Wildman–Crippen LogP) is 3.36. The van der Waals surface area contributed by atoms with Crippen LogP contribution >= 0.6 is 0 Å². The van der Waals surface area contributed by atoms with Crippen LogP contribution in [-0.4, -0.2) is 21.1 Å². The summed E-state index contributed by atoms with van der Waals surface area (Å²) in [5.41, 5.74) is 4.20. The molecule has 0 radical (unpaired) electrons. The Hall–Kier alpha value is -2.89. The zero-order valence-corrected chi connectivity index (χ0v) is 13.4. The number of halogens is 1. The normalized spacial score (nSPS) is 17.6. The van der Waals surface area contributed by atoms with Gasteiger partial charge in [-0.3, -0.25) is 0 Å². The molecule has 1 aliphatic rings. The van der Waals surface area contributed by atoms with Crippen LogP contribution in [0.15, 0.2) is 43.2 Å². The van der Waals surface area contributed by atoms with E-state index in [1.807, 2.05) is 18.3 Å². The van der Waals surface area contributed by atoms with E-state index in [0.29, 0.717) is 17.4 Å². The molecule has 122 valence electrons. The van der Waals surface area contributed by atoms with Crippen LogP contribution in [-0.2, 0) is 6.42 Å². The maximum atomic E-state index is 13.7. The first-order valence-corrected chi connectivity index (χ1v) is 7.93. The summed E-state index contributed by atoms with van der Waals surface area (Å²) in [6.45, 7) is 7.04. The smallest absolute Gasteiger partial charge is 0.166 e. The first-order valence-electron chi connectivity index (χ1n) is 7.93. The van der Waals surface area contributed by atoms with Crippen molar-refractivity contribution in [2.24, 2.45) is 5.92 Å². The summed E-state index contributed by atoms with van der Waals surface area (Å²) in [5.74, 6) is 0.750. The minimum absolute atomic E-state index is 0.265. The van der Waals surface area contributed by atoms with Gasteiger partial charge in [-0.25, -0.2) is 13.9 Å². The van der Waals surface area contributed by atoms with Crippen LogP contribution in [0.2, 0.25) is 0 Å². The largest absolute Gasteiger partial charge is 0.385 e. The molecule has 1 unspecified atom stereocenters. The predicted molar refractivity (Wildman–Crippen MR) is 92.6 cm³/mol. The molecule has 1 atom stereocenters. The molecule has 0 amide bonds. The lowest BCUT2D eigenvalue weighted by atomic mass is 9.99. The third-order valence-corrected chi connectivity index (χ3v) is 4.26. The second kappa shape index (κ2) is 5.63. The Balaban J connectivity index is 1.87. The molecule has 1 aliphatic heterocycles. The molecule has 24 heavy (non-hydrogen) atoms. The van der Waals surface area contributed by atoms with Crippen molar-refractivity contribution in [2.75, 3.05) is 11.9 Å². The summed E-state index contributed by atoms with van der Waals surface area (Å²) in [4.78, 5) is 4.61. The zero-order valence-electron chi connectivity index (χ0n) is 13.4. The van der Waals surface area contributed by atoms with Gasteiger partial charge < -0.3 is 10.6 Å². The van der Waals surface area contributed by atoms with Crippen molar-refractivity contribution in [1.82, 2.24) is 19.9 Å². The molecule has 2 bridgehead atoms. The fraction of sp³-hybridized carbons (Fsp3) is 0.222. The van der Waals surface area contributed by atoms with E-state index in [0.717, 1.165) is 35.5 Å². The summed E-state index contributed by atoms with van der Waals surface area (Å²) in [6.07, 6.45) is 4.41. The van der Waals surface area contributed by atoms with E-state index in [2.05, 4.69) is 34.2 Å². The fourth-order valence-corrected chi connectivity index (χ4v) is 2.97. The minimum Gasteiger partial charge on any atom is -0.385 e. The monoisotopic (exact) mass is 323 g/mol. The van der Waals surface area contributed by atoms with Gasteiger partial charge in [-0.05, 0) is 36.1 Å². The molecule has 0 fully saturated rings. The SMILES string of the molecule is C=C1NCC(C)Cc2ccc(F)cc2Nc2ccn3ncc1c3n2. The lowest BCUT2D eigenvalue weighted by Crippen LogP contribution is -2.21. The van der Waals surface area contributed by atoms with Gasteiger partial charge in [0.25, 0.3) is 0 Å². The Morgan fingerprint density at radius 1 is 1.33 bits per heavy atom. The maximum absolute atomic E-state index is 13.7. The average Bonchev–Trinajstić information content (AvgIpc) is 2.97. The number of fused-ring (bicyclic) bond motifs is 2. The Kier molecular flexibility index (Phi) is 3.45. The number of benzene rings is 1. The van der Waals surface area contributed by atoms with E-state index in [1.54, 1.807) is 10.7 Å². The van der Waals surface area contributed by atoms with Crippen molar-refractivity contribution < 1.29 is 4.39 Å². The van der Waals surface area contributed by atoms with Gasteiger partial charge in [0.15, 0.2) is 5.65 Å². The van der Waals surface area contributed by atoms with E-state index in [4.69, 9.17) is 0 Å². The van der Waals surface area contributed by atoms with Crippen molar-refractivity contribution in [2.45, 2.75) is 13.3 Å². The van der Waals surface area contributed by atoms with E-state index < -0.39 is 0 Å². The van der Waals surface area contributed by atoms with Crippen molar-refractivity contribution >= 4 is 22.8 Å². The van der Waals surface area contributed by atoms with Crippen molar-refractivity contribution in [3.8, 4) is 0 Å². The summed E-state index contributed by atoms with van der Waals surface area (Å²) in [7, 11) is 0. The second-order valence-electron chi connectivity index (χ2n) is 6.23. The van der Waals surface area contributed by atoms with Crippen molar-refractivity contribution in [1.29, 1.82) is 0 Å². The van der Waals surface area contributed by atoms with Gasteiger partial charge in [0, 0.05) is 24.1 Å². The van der Waals surface area contributed by atoms with E-state index in [9.17, 15) is 4.39 Å². The van der Waals surface area contributed by atoms with E-state index in [-0.39, 0.29) is 5.82 Å². The first-order chi connectivity index (χ1) is 11.6. The molecule has 0 saturated heterocycles. The molecular formula is C18H18FN5. The lowest BCUT2D eigenvalue weighted by Gasteiger charge is -2.19. The molecule has 0 aliphatic carbocycles. The molecule has 3 heterocycles. The third-order valence-electron chi connectivity index (χ3n) is 4.26. The quantitative estimate of drug-likeness (QED) is 0.666. The van der Waals surface area contributed by atoms with Crippen LogP contribution in [0.25, 0.3) is 11.3 Å². The molecule has 0 spiro atoms. The summed E-state index contributed by atoms with van der Waals surface area (Å²) in [5, 5.41) is 10.9. The number of nitrogens with one attached hydrogen (secondary N) is 2. The standard InChI is InChI=1S/C18H18FN5/c1-11-7-13-3-4-14(19)8-16(13)22-17-5-6-24-18(23-17)15(10-21-24)12(2)20-9-11/h3-6,8,10-11,20H,2,7,9H2,1H3,(H,22,23). The Morgan fingerprint density at radius 2 is 2.21 bits per heavy atom. The van der Waals surface area contributed by atoms with Crippen LogP contribution in [0, 0.1) is 11.7 Å². The highest BCUT2D eigenvalue weighted by atomic mass is 19.1. The Bertz CT molecular complexity index is 930. The molecular weight excluding hydrogens is 305 g/mol. The van der Waals surface area contributed by atoms with E-state index >= 15 is 0 Å². The van der Waals surface area contributed by atoms with Crippen molar-refractivity contribution in [3.05, 3.63) is 60.2 Å². The average molecular weight is 323 g/mol. The summed E-state index contributed by atoms with van der Waals surface area (Å²) >= 11 is 0. The molecule has 4 rings (SSSR count). The molecule has 6 heteroatoms. The zero-order chi connectivity index (χ0) is 16.7. The second-order valence-corrected chi connectivity index (χ2v) is 6.23. The lowest BCUT2D eigenvalue weighted by molar-refractivity contribution is 0.558. The molecule has 3 aromatic rings. The molecule has 0 saturated carbocycles. The highest BCUT2D eigenvalue weighted by Crippen LogP contribution is 2.26. The van der Waals surface area contributed by atoms with E-state index in [1.165, 1.54) is 12.1 Å². The van der Waals surface area contributed by atoms with Crippen LogP contribution in [0.1, 0.15) is 18.1 Å². The maximum Gasteiger partial charge on any atom is 0.166 e. The van der Waals surface area contributed by atoms with Crippen molar-refractivity contribution in [3.63, 3.8) is 0 Å². The minimum atomic E-state index is -0.265. The molecule has 5 nitrogen and oxygen atoms in total. The third kappa shape index (κ3) is 2.60. The van der Waals surface area contributed by atoms with Gasteiger partial charge >= 0.3 is 0 Å². The highest BCUT2D eigenvalue weighted by molar-refractivity contribution is 5.74. The fourth-order valence-electron chi connectivity index (χ4n) is 2.97. The number of rotatable bonds is 0. The Labute approximate surface area is 139 Å². The van der Waals surface area contributed by atoms with Gasteiger partial charge in [0.05, 0.1) is 11.8 Å². The van der Waals surface area contributed by atoms with Crippen LogP contribution in [0.4, 0.5) is 15.9 Å². The summed E-state index contributed by atoms with van der Waals surface area (Å²) < 4.78 is 15.4. The van der Waals surface area contributed by atoms with Crippen LogP contribution in [0.3, 0.4) is 0 Å². The van der Waals surface area contributed by atoms with Gasteiger partial charge in [0.2, 0.25) is 0 Å². The van der Waals surface area contributed by atoms with Gasteiger partial charge in [-0.1, -0.05) is 19.6 Å². The Morgan fingerprint density at radius 3 is 3.08 bits per heavy atom. The number of aromatic nitrogens is 3. The summed E-state index contributed by atoms with van der Waals surface area (Å²) in [6, 6.07) is 6.67. The molecule has 1 aromatic carbocycles.